The second-order valence-corrected chi connectivity index (χ2v) is 3.83. The number of nitrogens with zero attached hydrogens (tertiary/aromatic N) is 1. The van der Waals surface area contributed by atoms with E-state index in [9.17, 15) is 0 Å². The summed E-state index contributed by atoms with van der Waals surface area (Å²) in [4.78, 5) is 2.35. The van der Waals surface area contributed by atoms with Gasteiger partial charge in [-0.1, -0.05) is 26.0 Å². The SMILES string of the molecule is CC.NCCNc1ccccc1N1CCOCC1. The maximum atomic E-state index is 5.51. The molecule has 102 valence electrons. The van der Waals surface area contributed by atoms with Crippen molar-refractivity contribution in [3.05, 3.63) is 24.3 Å². The molecule has 1 heterocycles. The second-order valence-electron chi connectivity index (χ2n) is 3.83. The molecular formula is C14H25N3O. The molecule has 0 aromatic heterocycles. The van der Waals surface area contributed by atoms with Gasteiger partial charge in [-0.3, -0.25) is 0 Å². The number of anilines is 2. The highest BCUT2D eigenvalue weighted by molar-refractivity contribution is 5.70. The van der Waals surface area contributed by atoms with Crippen LogP contribution in [0.25, 0.3) is 0 Å². The van der Waals surface area contributed by atoms with Crippen LogP contribution in [0.1, 0.15) is 13.8 Å². The molecule has 0 radical (unpaired) electrons. The third-order valence-corrected chi connectivity index (χ3v) is 2.72. The van der Waals surface area contributed by atoms with E-state index in [2.05, 4.69) is 28.4 Å². The first-order valence-electron chi connectivity index (χ1n) is 6.77. The minimum Gasteiger partial charge on any atom is -0.382 e. The van der Waals surface area contributed by atoms with Crippen LogP contribution in [0.4, 0.5) is 11.4 Å². The van der Waals surface area contributed by atoms with Crippen molar-refractivity contribution < 1.29 is 4.74 Å². The van der Waals surface area contributed by atoms with E-state index in [0.717, 1.165) is 38.5 Å². The highest BCUT2D eigenvalue weighted by Crippen LogP contribution is 2.25. The third-order valence-electron chi connectivity index (χ3n) is 2.72. The van der Waals surface area contributed by atoms with Crippen LogP contribution in [0.3, 0.4) is 0 Å². The molecule has 1 aliphatic rings. The Hall–Kier alpha value is -1.26. The Balaban J connectivity index is 0.000000771. The predicted molar refractivity (Wildman–Crippen MR) is 78.4 cm³/mol. The average molecular weight is 251 g/mol. The van der Waals surface area contributed by atoms with E-state index < -0.39 is 0 Å². The number of hydrogen-bond acceptors (Lipinski definition) is 4. The van der Waals surface area contributed by atoms with E-state index in [4.69, 9.17) is 10.5 Å². The Labute approximate surface area is 110 Å². The molecule has 4 heteroatoms. The smallest absolute Gasteiger partial charge is 0.0642 e. The monoisotopic (exact) mass is 251 g/mol. The lowest BCUT2D eigenvalue weighted by Crippen LogP contribution is -2.36. The number of benzene rings is 1. The number of morpholine rings is 1. The van der Waals surface area contributed by atoms with Gasteiger partial charge in [0.25, 0.3) is 0 Å². The predicted octanol–water partition coefficient (Wildman–Crippen LogP) is 1.92. The van der Waals surface area contributed by atoms with E-state index in [-0.39, 0.29) is 0 Å². The minimum absolute atomic E-state index is 0.650. The highest BCUT2D eigenvalue weighted by atomic mass is 16.5. The Morgan fingerprint density at radius 1 is 1.22 bits per heavy atom. The topological polar surface area (TPSA) is 50.5 Å². The number of nitrogens with two attached hydrogens (primary N) is 1. The fourth-order valence-corrected chi connectivity index (χ4v) is 1.91. The van der Waals surface area contributed by atoms with E-state index >= 15 is 0 Å². The zero-order valence-corrected chi connectivity index (χ0v) is 11.5. The Morgan fingerprint density at radius 2 is 1.89 bits per heavy atom. The lowest BCUT2D eigenvalue weighted by molar-refractivity contribution is 0.123. The number of para-hydroxylation sites is 2. The van der Waals surface area contributed by atoms with Crippen LogP contribution in [-0.4, -0.2) is 39.4 Å². The lowest BCUT2D eigenvalue weighted by Gasteiger charge is -2.30. The van der Waals surface area contributed by atoms with Gasteiger partial charge in [0.05, 0.1) is 24.6 Å². The van der Waals surface area contributed by atoms with Crippen molar-refractivity contribution in [1.82, 2.24) is 0 Å². The third kappa shape index (κ3) is 4.20. The van der Waals surface area contributed by atoms with Gasteiger partial charge in [0.1, 0.15) is 0 Å². The number of hydrogen-bond donors (Lipinski definition) is 2. The van der Waals surface area contributed by atoms with Gasteiger partial charge < -0.3 is 20.7 Å². The van der Waals surface area contributed by atoms with Gasteiger partial charge in [0, 0.05) is 26.2 Å². The van der Waals surface area contributed by atoms with Gasteiger partial charge in [-0.05, 0) is 12.1 Å². The van der Waals surface area contributed by atoms with Crippen LogP contribution in [-0.2, 0) is 4.74 Å². The molecule has 0 amide bonds. The molecule has 0 bridgehead atoms. The number of nitrogens with one attached hydrogen (secondary N) is 1. The van der Waals surface area contributed by atoms with Crippen LogP contribution in [0.2, 0.25) is 0 Å². The second kappa shape index (κ2) is 8.78. The van der Waals surface area contributed by atoms with E-state index in [1.165, 1.54) is 5.69 Å². The molecule has 18 heavy (non-hydrogen) atoms. The fraction of sp³-hybridized carbons (Fsp3) is 0.571. The summed E-state index contributed by atoms with van der Waals surface area (Å²) < 4.78 is 5.36. The van der Waals surface area contributed by atoms with Gasteiger partial charge in [0.2, 0.25) is 0 Å². The molecule has 0 aliphatic carbocycles. The van der Waals surface area contributed by atoms with Gasteiger partial charge in [-0.2, -0.15) is 0 Å². The summed E-state index contributed by atoms with van der Waals surface area (Å²) >= 11 is 0. The Kier molecular flexibility index (Phi) is 7.22. The highest BCUT2D eigenvalue weighted by Gasteiger charge is 2.13. The zero-order valence-electron chi connectivity index (χ0n) is 11.5. The largest absolute Gasteiger partial charge is 0.382 e. The van der Waals surface area contributed by atoms with Crippen molar-refractivity contribution in [2.45, 2.75) is 13.8 Å². The first-order valence-corrected chi connectivity index (χ1v) is 6.77. The van der Waals surface area contributed by atoms with Crippen molar-refractivity contribution >= 4 is 11.4 Å². The van der Waals surface area contributed by atoms with Gasteiger partial charge >= 0.3 is 0 Å². The first-order chi connectivity index (χ1) is 8.92. The molecule has 0 unspecified atom stereocenters. The van der Waals surface area contributed by atoms with Crippen molar-refractivity contribution in [2.24, 2.45) is 5.73 Å². The summed E-state index contributed by atoms with van der Waals surface area (Å²) in [6.07, 6.45) is 0. The quantitative estimate of drug-likeness (QED) is 0.858. The van der Waals surface area contributed by atoms with Gasteiger partial charge in [0.15, 0.2) is 0 Å². The summed E-state index contributed by atoms with van der Waals surface area (Å²) in [5.74, 6) is 0. The maximum absolute atomic E-state index is 5.51. The van der Waals surface area contributed by atoms with Crippen LogP contribution in [0, 0.1) is 0 Å². The standard InChI is InChI=1S/C12H19N3O.C2H6/c13-5-6-14-11-3-1-2-4-12(11)15-7-9-16-10-8-15;1-2/h1-4,14H,5-10,13H2;1-2H3. The summed E-state index contributed by atoms with van der Waals surface area (Å²) in [7, 11) is 0. The van der Waals surface area contributed by atoms with Crippen molar-refractivity contribution in [3.63, 3.8) is 0 Å². The van der Waals surface area contributed by atoms with Crippen molar-refractivity contribution in [3.8, 4) is 0 Å². The molecule has 1 fully saturated rings. The maximum Gasteiger partial charge on any atom is 0.0642 e. The molecule has 1 saturated heterocycles. The molecular weight excluding hydrogens is 226 g/mol. The molecule has 3 N–H and O–H groups in total. The summed E-state index contributed by atoms with van der Waals surface area (Å²) in [6.45, 7) is 9.00. The molecule has 0 spiro atoms. The van der Waals surface area contributed by atoms with E-state index in [1.807, 2.05) is 19.9 Å². The molecule has 1 aliphatic heterocycles. The van der Waals surface area contributed by atoms with E-state index in [1.54, 1.807) is 0 Å². The number of ether oxygens (including phenoxy) is 1. The molecule has 4 nitrogen and oxygen atoms in total. The van der Waals surface area contributed by atoms with Crippen molar-refractivity contribution in [2.75, 3.05) is 49.6 Å². The first kappa shape index (κ1) is 14.8. The normalized spacial score (nSPS) is 14.7. The molecule has 1 aromatic carbocycles. The van der Waals surface area contributed by atoms with E-state index in [0.29, 0.717) is 6.54 Å². The average Bonchev–Trinajstić information content (AvgIpc) is 2.48. The Bertz CT molecular complexity index is 325. The van der Waals surface area contributed by atoms with Crippen LogP contribution in [0.5, 0.6) is 0 Å². The van der Waals surface area contributed by atoms with Crippen LogP contribution in [0.15, 0.2) is 24.3 Å². The van der Waals surface area contributed by atoms with Crippen molar-refractivity contribution in [1.29, 1.82) is 0 Å². The number of rotatable bonds is 4. The zero-order chi connectivity index (χ0) is 13.2. The van der Waals surface area contributed by atoms with Gasteiger partial charge in [-0.25, -0.2) is 0 Å². The molecule has 2 rings (SSSR count). The van der Waals surface area contributed by atoms with Crippen LogP contribution >= 0.6 is 0 Å². The van der Waals surface area contributed by atoms with Gasteiger partial charge in [-0.15, -0.1) is 0 Å². The van der Waals surface area contributed by atoms with Crippen LogP contribution < -0.4 is 16.0 Å². The molecule has 1 aromatic rings. The molecule has 0 atom stereocenters. The fourth-order valence-electron chi connectivity index (χ4n) is 1.91. The Morgan fingerprint density at radius 3 is 2.56 bits per heavy atom. The summed E-state index contributed by atoms with van der Waals surface area (Å²) in [6, 6.07) is 8.35. The summed E-state index contributed by atoms with van der Waals surface area (Å²) in [5.41, 5.74) is 7.92. The summed E-state index contributed by atoms with van der Waals surface area (Å²) in [5, 5.41) is 3.35. The lowest BCUT2D eigenvalue weighted by atomic mass is 10.2. The molecule has 0 saturated carbocycles. The minimum atomic E-state index is 0.650.